The molecule has 0 heterocycles. The molecule has 0 bridgehead atoms. The zero-order chi connectivity index (χ0) is 12.5. The van der Waals surface area contributed by atoms with Crippen LogP contribution >= 0.6 is 12.6 Å². The molecule has 5 heteroatoms. The van der Waals surface area contributed by atoms with Crippen molar-refractivity contribution in [3.8, 4) is 0 Å². The maximum Gasteiger partial charge on any atom is 0.251 e. The van der Waals surface area contributed by atoms with Crippen LogP contribution in [0.1, 0.15) is 16.8 Å². The summed E-state index contributed by atoms with van der Waals surface area (Å²) >= 11 is 4.15. The van der Waals surface area contributed by atoms with Crippen molar-refractivity contribution in [3.05, 3.63) is 29.8 Å². The molecule has 1 aromatic carbocycles. The van der Waals surface area contributed by atoms with E-state index in [1.807, 2.05) is 0 Å². The summed E-state index contributed by atoms with van der Waals surface area (Å²) < 4.78 is 5.07. The van der Waals surface area contributed by atoms with Gasteiger partial charge in [-0.3, -0.25) is 4.79 Å². The molecular formula is C12H17NO3S. The third kappa shape index (κ3) is 5.72. The van der Waals surface area contributed by atoms with Gasteiger partial charge in [0.1, 0.15) is 0 Å². The second-order valence-electron chi connectivity index (χ2n) is 3.49. The number of carbonyl (C=O) groups excluding carboxylic acids is 1. The summed E-state index contributed by atoms with van der Waals surface area (Å²) in [4.78, 5) is 12.5. The Morgan fingerprint density at radius 1 is 1.29 bits per heavy atom. The van der Waals surface area contributed by atoms with E-state index in [1.165, 1.54) is 0 Å². The lowest BCUT2D eigenvalue weighted by Crippen LogP contribution is -2.25. The van der Waals surface area contributed by atoms with Gasteiger partial charge in [0.15, 0.2) is 0 Å². The molecule has 1 aromatic rings. The van der Waals surface area contributed by atoms with E-state index < -0.39 is 0 Å². The highest BCUT2D eigenvalue weighted by molar-refractivity contribution is 7.80. The molecule has 0 aliphatic heterocycles. The molecule has 0 fully saturated rings. The lowest BCUT2D eigenvalue weighted by molar-refractivity contribution is 0.0867. The van der Waals surface area contributed by atoms with Crippen molar-refractivity contribution >= 4 is 18.5 Å². The number of ether oxygens (including phenoxy) is 1. The van der Waals surface area contributed by atoms with Crippen LogP contribution in [0.2, 0.25) is 0 Å². The number of aliphatic hydroxyl groups excluding tert-OH is 1. The molecule has 0 radical (unpaired) electrons. The van der Waals surface area contributed by atoms with Crippen LogP contribution in [0.25, 0.3) is 0 Å². The van der Waals surface area contributed by atoms with Gasteiger partial charge in [0.2, 0.25) is 0 Å². The molecule has 0 aromatic heterocycles. The average Bonchev–Trinajstić information content (AvgIpc) is 2.34. The van der Waals surface area contributed by atoms with Crippen molar-refractivity contribution in [3.63, 3.8) is 0 Å². The predicted molar refractivity (Wildman–Crippen MR) is 68.5 cm³/mol. The average molecular weight is 255 g/mol. The van der Waals surface area contributed by atoms with Gasteiger partial charge in [0.25, 0.3) is 5.91 Å². The minimum atomic E-state index is -0.0968. The van der Waals surface area contributed by atoms with E-state index in [4.69, 9.17) is 9.84 Å². The van der Waals surface area contributed by atoms with Gasteiger partial charge in [0, 0.05) is 23.6 Å². The number of hydrogen-bond donors (Lipinski definition) is 3. The van der Waals surface area contributed by atoms with E-state index in [0.717, 1.165) is 11.3 Å². The second-order valence-corrected chi connectivity index (χ2v) is 4.01. The van der Waals surface area contributed by atoms with Gasteiger partial charge in [-0.25, -0.2) is 0 Å². The van der Waals surface area contributed by atoms with Gasteiger partial charge in [-0.2, -0.15) is 0 Å². The SMILES string of the molecule is O=C(NCCCOCCO)c1ccc(S)cc1. The van der Waals surface area contributed by atoms with Gasteiger partial charge in [0.05, 0.1) is 13.2 Å². The van der Waals surface area contributed by atoms with Crippen LogP contribution in [0.4, 0.5) is 0 Å². The highest BCUT2D eigenvalue weighted by atomic mass is 32.1. The first-order chi connectivity index (χ1) is 8.24. The van der Waals surface area contributed by atoms with E-state index in [2.05, 4.69) is 17.9 Å². The van der Waals surface area contributed by atoms with Crippen molar-refractivity contribution in [1.29, 1.82) is 0 Å². The molecular weight excluding hydrogens is 238 g/mol. The number of carbonyl (C=O) groups is 1. The first kappa shape index (κ1) is 14.0. The normalized spacial score (nSPS) is 10.2. The molecule has 0 atom stereocenters. The largest absolute Gasteiger partial charge is 0.394 e. The maximum atomic E-state index is 11.6. The minimum Gasteiger partial charge on any atom is -0.394 e. The number of amides is 1. The summed E-state index contributed by atoms with van der Waals surface area (Å²) in [5, 5.41) is 11.3. The van der Waals surface area contributed by atoms with Gasteiger partial charge < -0.3 is 15.2 Å². The monoisotopic (exact) mass is 255 g/mol. The molecule has 0 spiro atoms. The number of rotatable bonds is 7. The summed E-state index contributed by atoms with van der Waals surface area (Å²) in [6.07, 6.45) is 0.733. The smallest absolute Gasteiger partial charge is 0.251 e. The molecule has 0 unspecified atom stereocenters. The van der Waals surface area contributed by atoms with Crippen molar-refractivity contribution in [2.24, 2.45) is 0 Å². The van der Waals surface area contributed by atoms with E-state index in [1.54, 1.807) is 24.3 Å². The van der Waals surface area contributed by atoms with Crippen LogP contribution in [-0.2, 0) is 4.74 Å². The third-order valence-corrected chi connectivity index (χ3v) is 2.41. The Hall–Kier alpha value is -1.04. The Bertz CT molecular complexity index is 340. The fourth-order valence-electron chi connectivity index (χ4n) is 1.26. The first-order valence-corrected chi connectivity index (χ1v) is 5.94. The Labute approximate surface area is 106 Å². The van der Waals surface area contributed by atoms with E-state index in [0.29, 0.717) is 25.3 Å². The lowest BCUT2D eigenvalue weighted by Gasteiger charge is -2.05. The van der Waals surface area contributed by atoms with Gasteiger partial charge in [-0.1, -0.05) is 0 Å². The van der Waals surface area contributed by atoms with Crippen LogP contribution in [0.15, 0.2) is 29.2 Å². The summed E-state index contributed by atoms with van der Waals surface area (Å²) in [7, 11) is 0. The van der Waals surface area contributed by atoms with Crippen LogP contribution in [0, 0.1) is 0 Å². The van der Waals surface area contributed by atoms with Crippen LogP contribution in [0.5, 0.6) is 0 Å². The zero-order valence-electron chi connectivity index (χ0n) is 9.56. The summed E-state index contributed by atoms with van der Waals surface area (Å²) in [5.41, 5.74) is 0.624. The number of thiol groups is 1. The van der Waals surface area contributed by atoms with Crippen molar-refractivity contribution in [2.75, 3.05) is 26.4 Å². The molecule has 0 saturated carbocycles. The molecule has 1 amide bonds. The topological polar surface area (TPSA) is 58.6 Å². The summed E-state index contributed by atoms with van der Waals surface area (Å²) in [5.74, 6) is -0.0968. The molecule has 0 aliphatic carbocycles. The Morgan fingerprint density at radius 3 is 2.65 bits per heavy atom. The molecule has 0 aliphatic rings. The maximum absolute atomic E-state index is 11.6. The van der Waals surface area contributed by atoms with E-state index in [9.17, 15) is 4.79 Å². The van der Waals surface area contributed by atoms with E-state index >= 15 is 0 Å². The fourth-order valence-corrected chi connectivity index (χ4v) is 1.41. The molecule has 2 N–H and O–H groups in total. The minimum absolute atomic E-state index is 0.0302. The van der Waals surface area contributed by atoms with Crippen LogP contribution < -0.4 is 5.32 Å². The van der Waals surface area contributed by atoms with Crippen LogP contribution in [-0.4, -0.2) is 37.4 Å². The zero-order valence-corrected chi connectivity index (χ0v) is 10.5. The Balaban J connectivity index is 2.19. The number of nitrogens with one attached hydrogen (secondary N) is 1. The van der Waals surface area contributed by atoms with Gasteiger partial charge in [-0.15, -0.1) is 12.6 Å². The Morgan fingerprint density at radius 2 is 2.00 bits per heavy atom. The molecule has 17 heavy (non-hydrogen) atoms. The third-order valence-electron chi connectivity index (χ3n) is 2.12. The lowest BCUT2D eigenvalue weighted by atomic mass is 10.2. The molecule has 94 valence electrons. The Kier molecular flexibility index (Phi) is 6.69. The summed E-state index contributed by atoms with van der Waals surface area (Å²) in [6, 6.07) is 7.03. The van der Waals surface area contributed by atoms with Crippen molar-refractivity contribution in [1.82, 2.24) is 5.32 Å². The predicted octanol–water partition coefficient (Wildman–Crippen LogP) is 1.10. The molecule has 0 saturated heterocycles. The van der Waals surface area contributed by atoms with Crippen LogP contribution in [0.3, 0.4) is 0 Å². The second kappa shape index (κ2) is 8.11. The van der Waals surface area contributed by atoms with E-state index in [-0.39, 0.29) is 12.5 Å². The highest BCUT2D eigenvalue weighted by Gasteiger charge is 2.03. The molecule has 1 rings (SSSR count). The fraction of sp³-hybridized carbons (Fsp3) is 0.417. The quantitative estimate of drug-likeness (QED) is 0.505. The number of aliphatic hydroxyl groups is 1. The highest BCUT2D eigenvalue weighted by Crippen LogP contribution is 2.07. The van der Waals surface area contributed by atoms with Gasteiger partial charge >= 0.3 is 0 Å². The molecule has 4 nitrogen and oxygen atoms in total. The van der Waals surface area contributed by atoms with Crippen molar-refractivity contribution in [2.45, 2.75) is 11.3 Å². The number of hydrogen-bond acceptors (Lipinski definition) is 4. The van der Waals surface area contributed by atoms with Crippen molar-refractivity contribution < 1.29 is 14.6 Å². The number of benzene rings is 1. The standard InChI is InChI=1S/C12H17NO3S/c14-7-9-16-8-1-6-13-12(15)10-2-4-11(17)5-3-10/h2-5,14,17H,1,6-9H2,(H,13,15). The first-order valence-electron chi connectivity index (χ1n) is 5.50. The van der Waals surface area contributed by atoms with Gasteiger partial charge in [-0.05, 0) is 30.7 Å². The summed E-state index contributed by atoms with van der Waals surface area (Å²) in [6.45, 7) is 1.48.